The van der Waals surface area contributed by atoms with Crippen molar-refractivity contribution in [2.24, 2.45) is 0 Å². The van der Waals surface area contributed by atoms with Crippen LogP contribution in [0.25, 0.3) is 0 Å². The van der Waals surface area contributed by atoms with Gasteiger partial charge < -0.3 is 29.7 Å². The summed E-state index contributed by atoms with van der Waals surface area (Å²) >= 11 is 6.10. The van der Waals surface area contributed by atoms with Gasteiger partial charge in [-0.15, -0.1) is 0 Å². The number of nitrogens with one attached hydrogen (secondary N) is 2. The summed E-state index contributed by atoms with van der Waals surface area (Å²) in [5.74, 6) is 0.750. The zero-order chi connectivity index (χ0) is 23.0. The highest BCUT2D eigenvalue weighted by Crippen LogP contribution is 2.15. The van der Waals surface area contributed by atoms with Crippen molar-refractivity contribution in [3.8, 4) is 5.75 Å². The summed E-state index contributed by atoms with van der Waals surface area (Å²) in [5, 5.41) is 6.48. The molecule has 2 aromatic carbocycles. The number of methoxy groups -OCH3 is 2. The minimum Gasteiger partial charge on any atom is -0.497 e. The molecule has 0 aliphatic heterocycles. The Morgan fingerprint density at radius 3 is 2.53 bits per heavy atom. The summed E-state index contributed by atoms with van der Waals surface area (Å²) < 4.78 is 15.8. The molecule has 2 N–H and O–H groups in total. The van der Waals surface area contributed by atoms with Crippen LogP contribution in [0.1, 0.15) is 12.0 Å². The van der Waals surface area contributed by atoms with Gasteiger partial charge >= 0.3 is 6.03 Å². The van der Waals surface area contributed by atoms with Gasteiger partial charge in [0.15, 0.2) is 0 Å². The Balaban J connectivity index is 1.72. The molecule has 2 amide bonds. The van der Waals surface area contributed by atoms with Crippen molar-refractivity contribution in [3.63, 3.8) is 0 Å². The number of carbonyl (C=O) groups excluding carboxylic acids is 1. The largest absolute Gasteiger partial charge is 0.497 e. The fourth-order valence-corrected chi connectivity index (χ4v) is 3.32. The van der Waals surface area contributed by atoms with Crippen LogP contribution in [-0.2, 0) is 15.9 Å². The number of carbonyl (C=O) groups is 1. The average molecular weight is 464 g/mol. The first kappa shape index (κ1) is 25.9. The number of halogens is 1. The predicted octanol–water partition coefficient (Wildman–Crippen LogP) is 4.07. The zero-order valence-corrected chi connectivity index (χ0v) is 19.7. The van der Waals surface area contributed by atoms with E-state index in [0.717, 1.165) is 48.9 Å². The van der Waals surface area contributed by atoms with Crippen molar-refractivity contribution in [3.05, 3.63) is 59.1 Å². The monoisotopic (exact) mass is 463 g/mol. The molecule has 0 spiro atoms. The summed E-state index contributed by atoms with van der Waals surface area (Å²) in [7, 11) is 3.28. The molecule has 7 nitrogen and oxygen atoms in total. The lowest BCUT2D eigenvalue weighted by molar-refractivity contribution is 0.0571. The van der Waals surface area contributed by atoms with Crippen molar-refractivity contribution in [1.29, 1.82) is 0 Å². The Labute approximate surface area is 196 Å². The van der Waals surface area contributed by atoms with Crippen LogP contribution in [0, 0.1) is 0 Å². The first-order chi connectivity index (χ1) is 15.6. The van der Waals surface area contributed by atoms with Gasteiger partial charge in [0.1, 0.15) is 5.75 Å². The molecule has 0 heterocycles. The smallest absolute Gasteiger partial charge is 0.319 e. The van der Waals surface area contributed by atoms with Crippen LogP contribution < -0.4 is 15.4 Å². The second kappa shape index (κ2) is 15.5. The summed E-state index contributed by atoms with van der Waals surface area (Å²) in [6.45, 7) is 4.98. The van der Waals surface area contributed by atoms with Gasteiger partial charge in [0, 0.05) is 37.5 Å². The van der Waals surface area contributed by atoms with Crippen molar-refractivity contribution < 1.29 is 19.0 Å². The van der Waals surface area contributed by atoms with Crippen molar-refractivity contribution in [2.45, 2.75) is 12.8 Å². The van der Waals surface area contributed by atoms with Crippen LogP contribution in [0.2, 0.25) is 5.02 Å². The zero-order valence-electron chi connectivity index (χ0n) is 18.9. The quantitative estimate of drug-likeness (QED) is 0.389. The molecule has 0 aliphatic carbocycles. The number of hydrogen-bond acceptors (Lipinski definition) is 5. The van der Waals surface area contributed by atoms with Crippen LogP contribution in [0.3, 0.4) is 0 Å². The Hall–Kier alpha value is -2.32. The lowest BCUT2D eigenvalue weighted by Gasteiger charge is -2.22. The van der Waals surface area contributed by atoms with Gasteiger partial charge in [0.05, 0.1) is 26.9 Å². The number of amides is 2. The van der Waals surface area contributed by atoms with Crippen LogP contribution in [-0.4, -0.2) is 71.2 Å². The van der Waals surface area contributed by atoms with Crippen molar-refractivity contribution >= 4 is 23.3 Å². The molecule has 0 unspecified atom stereocenters. The second-order valence-corrected chi connectivity index (χ2v) is 7.73. The maximum atomic E-state index is 12.1. The highest BCUT2D eigenvalue weighted by atomic mass is 35.5. The molecule has 0 bridgehead atoms. The minimum atomic E-state index is -0.219. The van der Waals surface area contributed by atoms with E-state index in [4.69, 9.17) is 25.8 Å². The maximum absolute atomic E-state index is 12.1. The van der Waals surface area contributed by atoms with E-state index < -0.39 is 0 Å². The molecule has 0 radical (unpaired) electrons. The molecule has 8 heteroatoms. The number of ether oxygens (including phenoxy) is 3. The van der Waals surface area contributed by atoms with E-state index >= 15 is 0 Å². The second-order valence-electron chi connectivity index (χ2n) is 7.29. The SMILES string of the molecule is COCCOCCN(CCCNC(=O)Nc1ccc(OC)cc1)CCc1cccc(Cl)c1. The van der Waals surface area contributed by atoms with Crippen LogP contribution in [0.4, 0.5) is 10.5 Å². The summed E-state index contributed by atoms with van der Waals surface area (Å²) in [5.41, 5.74) is 1.93. The number of benzene rings is 2. The Kier molecular flexibility index (Phi) is 12.5. The van der Waals surface area contributed by atoms with E-state index in [1.54, 1.807) is 26.4 Å². The predicted molar refractivity (Wildman–Crippen MR) is 129 cm³/mol. The van der Waals surface area contributed by atoms with E-state index in [1.807, 2.05) is 30.3 Å². The van der Waals surface area contributed by atoms with Gasteiger partial charge in [-0.05, 0) is 61.3 Å². The van der Waals surface area contributed by atoms with E-state index in [-0.39, 0.29) is 6.03 Å². The molecule has 0 saturated heterocycles. The third-order valence-corrected chi connectivity index (χ3v) is 5.11. The number of urea groups is 1. The standard InChI is InChI=1S/C24H34ClN3O4/c1-30-17-18-32-16-15-28(14-11-20-5-3-6-21(25)19-20)13-4-12-26-24(29)27-22-7-9-23(31-2)10-8-22/h3,5-10,19H,4,11-18H2,1-2H3,(H2,26,27,29). The van der Waals surface area contributed by atoms with Gasteiger partial charge in [0.2, 0.25) is 0 Å². The molecule has 2 aromatic rings. The maximum Gasteiger partial charge on any atom is 0.319 e. The summed E-state index contributed by atoms with van der Waals surface area (Å²) in [6, 6.07) is 15.0. The fraction of sp³-hybridized carbons (Fsp3) is 0.458. The minimum absolute atomic E-state index is 0.219. The van der Waals surface area contributed by atoms with E-state index in [2.05, 4.69) is 21.6 Å². The van der Waals surface area contributed by atoms with E-state index in [9.17, 15) is 4.79 Å². The van der Waals surface area contributed by atoms with Gasteiger partial charge in [0.25, 0.3) is 0 Å². The lowest BCUT2D eigenvalue weighted by atomic mass is 10.1. The first-order valence-corrected chi connectivity index (χ1v) is 11.2. The topological polar surface area (TPSA) is 72.1 Å². The number of hydrogen-bond donors (Lipinski definition) is 2. The van der Waals surface area contributed by atoms with E-state index in [1.165, 1.54) is 5.56 Å². The van der Waals surface area contributed by atoms with Crippen molar-refractivity contribution in [1.82, 2.24) is 10.2 Å². The molecule has 0 fully saturated rings. The number of rotatable bonds is 15. The Bertz CT molecular complexity index is 789. The molecule has 0 saturated carbocycles. The lowest BCUT2D eigenvalue weighted by Crippen LogP contribution is -2.35. The molecule has 0 aromatic heterocycles. The third kappa shape index (κ3) is 10.8. The first-order valence-electron chi connectivity index (χ1n) is 10.8. The highest BCUT2D eigenvalue weighted by molar-refractivity contribution is 6.30. The molecule has 176 valence electrons. The summed E-state index contributed by atoms with van der Waals surface area (Å²) in [6.07, 6.45) is 1.74. The average Bonchev–Trinajstić information content (AvgIpc) is 2.80. The molecule has 0 aliphatic rings. The van der Waals surface area contributed by atoms with E-state index in [0.29, 0.717) is 26.4 Å². The van der Waals surface area contributed by atoms with Crippen LogP contribution >= 0.6 is 11.6 Å². The highest BCUT2D eigenvalue weighted by Gasteiger charge is 2.07. The van der Waals surface area contributed by atoms with Crippen LogP contribution in [0.5, 0.6) is 5.75 Å². The van der Waals surface area contributed by atoms with Gasteiger partial charge in [-0.25, -0.2) is 4.79 Å². The Morgan fingerprint density at radius 2 is 1.81 bits per heavy atom. The van der Waals surface area contributed by atoms with Gasteiger partial charge in [-0.3, -0.25) is 0 Å². The molecular weight excluding hydrogens is 430 g/mol. The van der Waals surface area contributed by atoms with Crippen LogP contribution in [0.15, 0.2) is 48.5 Å². The van der Waals surface area contributed by atoms with Gasteiger partial charge in [-0.2, -0.15) is 0 Å². The fourth-order valence-electron chi connectivity index (χ4n) is 3.11. The van der Waals surface area contributed by atoms with Gasteiger partial charge in [-0.1, -0.05) is 23.7 Å². The Morgan fingerprint density at radius 1 is 1.00 bits per heavy atom. The van der Waals surface area contributed by atoms with Crippen molar-refractivity contribution in [2.75, 3.05) is 65.5 Å². The normalized spacial score (nSPS) is 10.9. The molecular formula is C24H34ClN3O4. The molecule has 2 rings (SSSR count). The number of nitrogens with zero attached hydrogens (tertiary/aromatic N) is 1. The summed E-state index contributed by atoms with van der Waals surface area (Å²) in [4.78, 5) is 14.5. The molecule has 32 heavy (non-hydrogen) atoms. The number of anilines is 1. The third-order valence-electron chi connectivity index (χ3n) is 4.87. The molecule has 0 atom stereocenters.